The topological polar surface area (TPSA) is 104 Å². The molecule has 1 spiro atoms. The maximum atomic E-state index is 12.5. The molecule has 1 atom stereocenters. The van der Waals surface area contributed by atoms with E-state index in [2.05, 4.69) is 4.72 Å². The lowest BCUT2D eigenvalue weighted by Crippen LogP contribution is -2.39. The van der Waals surface area contributed by atoms with Crippen molar-refractivity contribution < 1.29 is 23.1 Å². The largest absolute Gasteiger partial charge is 0.481 e. The van der Waals surface area contributed by atoms with Crippen LogP contribution in [0.25, 0.3) is 0 Å². The van der Waals surface area contributed by atoms with Crippen molar-refractivity contribution in [1.82, 2.24) is 9.62 Å². The predicted molar refractivity (Wildman–Crippen MR) is 83.9 cm³/mol. The fourth-order valence-electron chi connectivity index (χ4n) is 3.25. The van der Waals surface area contributed by atoms with E-state index in [-0.39, 0.29) is 22.1 Å². The molecule has 9 heteroatoms. The van der Waals surface area contributed by atoms with E-state index < -0.39 is 16.0 Å². The summed E-state index contributed by atoms with van der Waals surface area (Å²) in [5.74, 6) is -1.20. The molecule has 1 amide bonds. The molecule has 2 aliphatic rings. The van der Waals surface area contributed by atoms with Crippen molar-refractivity contribution in [1.29, 1.82) is 0 Å². The van der Waals surface area contributed by atoms with Crippen LogP contribution in [0.1, 0.15) is 28.9 Å². The number of hydrogen-bond donors (Lipinski definition) is 2. The Balaban J connectivity index is 1.66. The van der Waals surface area contributed by atoms with Crippen molar-refractivity contribution in [3.8, 4) is 0 Å². The van der Waals surface area contributed by atoms with Crippen molar-refractivity contribution in [2.75, 3.05) is 20.1 Å². The molecule has 1 unspecified atom stereocenters. The van der Waals surface area contributed by atoms with Crippen LogP contribution in [0.3, 0.4) is 0 Å². The zero-order chi connectivity index (χ0) is 16.8. The Morgan fingerprint density at radius 3 is 2.57 bits per heavy atom. The molecule has 2 heterocycles. The molecule has 1 aliphatic carbocycles. The summed E-state index contributed by atoms with van der Waals surface area (Å²) >= 11 is 1.11. The zero-order valence-corrected chi connectivity index (χ0v) is 14.2. The number of carboxylic acid groups (broad SMARTS) is 1. The Hall–Kier alpha value is -1.45. The third-order valence-corrected chi connectivity index (χ3v) is 7.36. The van der Waals surface area contributed by atoms with Crippen LogP contribution in [0.5, 0.6) is 0 Å². The third kappa shape index (κ3) is 2.88. The van der Waals surface area contributed by atoms with E-state index in [1.807, 2.05) is 0 Å². The number of hydrogen-bond acceptors (Lipinski definition) is 5. The minimum atomic E-state index is -3.54. The quantitative estimate of drug-likeness (QED) is 0.835. The van der Waals surface area contributed by atoms with E-state index in [1.54, 1.807) is 4.90 Å². The number of likely N-dealkylation sites (tertiary alicyclic amines) is 1. The van der Waals surface area contributed by atoms with Gasteiger partial charge in [-0.1, -0.05) is 0 Å². The van der Waals surface area contributed by atoms with Crippen LogP contribution >= 0.6 is 11.3 Å². The second-order valence-corrected chi connectivity index (χ2v) is 8.90. The second kappa shape index (κ2) is 5.57. The molecule has 3 rings (SSSR count). The first-order chi connectivity index (χ1) is 10.8. The number of thiophene rings is 1. The Bertz CT molecular complexity index is 747. The molecule has 1 aliphatic heterocycles. The van der Waals surface area contributed by atoms with E-state index in [0.717, 1.165) is 11.3 Å². The Morgan fingerprint density at radius 1 is 1.39 bits per heavy atom. The lowest BCUT2D eigenvalue weighted by Gasteiger charge is -2.32. The van der Waals surface area contributed by atoms with Gasteiger partial charge in [-0.25, -0.2) is 13.1 Å². The van der Waals surface area contributed by atoms with E-state index in [9.17, 15) is 18.0 Å². The predicted octanol–water partition coefficient (Wildman–Crippen LogP) is 0.983. The highest BCUT2D eigenvalue weighted by Crippen LogP contribution is 2.59. The van der Waals surface area contributed by atoms with Crippen LogP contribution in [-0.2, 0) is 14.8 Å². The van der Waals surface area contributed by atoms with Crippen LogP contribution in [0.4, 0.5) is 0 Å². The summed E-state index contributed by atoms with van der Waals surface area (Å²) < 4.78 is 25.7. The second-order valence-electron chi connectivity index (χ2n) is 6.10. The van der Waals surface area contributed by atoms with Crippen molar-refractivity contribution >= 4 is 33.2 Å². The fraction of sp³-hybridized carbons (Fsp3) is 0.571. The number of aliphatic carboxylic acids is 1. The number of carbonyl (C=O) groups is 2. The van der Waals surface area contributed by atoms with Gasteiger partial charge in [0, 0.05) is 18.5 Å². The summed E-state index contributed by atoms with van der Waals surface area (Å²) in [4.78, 5) is 25.7. The smallest absolute Gasteiger partial charge is 0.307 e. The Labute approximate surface area is 138 Å². The molecule has 23 heavy (non-hydrogen) atoms. The standard InChI is InChI=1S/C14H18N2O5S2/c1-15-23(20,21)9-6-11(22-8-9)12(17)16-4-2-14(3-5-16)7-10(14)13(18)19/h6,8,10,15H,2-5,7H2,1H3,(H,18,19). The molecule has 126 valence electrons. The lowest BCUT2D eigenvalue weighted by atomic mass is 9.91. The van der Waals surface area contributed by atoms with Gasteiger partial charge in [0.15, 0.2) is 0 Å². The summed E-state index contributed by atoms with van der Waals surface area (Å²) in [5, 5.41) is 10.5. The highest BCUT2D eigenvalue weighted by Gasteiger charge is 2.59. The summed E-state index contributed by atoms with van der Waals surface area (Å²) in [6, 6.07) is 1.39. The first-order valence-electron chi connectivity index (χ1n) is 7.33. The first-order valence-corrected chi connectivity index (χ1v) is 9.69. The van der Waals surface area contributed by atoms with Gasteiger partial charge in [-0.15, -0.1) is 11.3 Å². The average Bonchev–Trinajstić information content (AvgIpc) is 2.99. The van der Waals surface area contributed by atoms with Gasteiger partial charge < -0.3 is 10.0 Å². The van der Waals surface area contributed by atoms with Crippen LogP contribution in [0.15, 0.2) is 16.3 Å². The molecule has 2 fully saturated rings. The number of piperidine rings is 1. The summed E-state index contributed by atoms with van der Waals surface area (Å²) in [7, 11) is -2.22. The molecular weight excluding hydrogens is 340 g/mol. The normalized spacial score (nSPS) is 23.0. The van der Waals surface area contributed by atoms with Gasteiger partial charge in [-0.3, -0.25) is 9.59 Å². The molecule has 0 bridgehead atoms. The monoisotopic (exact) mass is 358 g/mol. The van der Waals surface area contributed by atoms with E-state index in [4.69, 9.17) is 5.11 Å². The third-order valence-electron chi connectivity index (χ3n) is 4.90. The number of amides is 1. The van der Waals surface area contributed by atoms with E-state index >= 15 is 0 Å². The van der Waals surface area contributed by atoms with Crippen molar-refractivity contribution in [2.45, 2.75) is 24.2 Å². The number of nitrogens with one attached hydrogen (secondary N) is 1. The molecule has 2 N–H and O–H groups in total. The average molecular weight is 358 g/mol. The minimum absolute atomic E-state index is 0.0926. The molecule has 1 saturated heterocycles. The molecule has 0 aromatic carbocycles. The lowest BCUT2D eigenvalue weighted by molar-refractivity contribution is -0.139. The highest BCUT2D eigenvalue weighted by molar-refractivity contribution is 7.89. The van der Waals surface area contributed by atoms with Gasteiger partial charge in [0.2, 0.25) is 10.0 Å². The van der Waals surface area contributed by atoms with E-state index in [1.165, 1.54) is 18.5 Å². The summed E-state index contributed by atoms with van der Waals surface area (Å²) in [6.45, 7) is 1.04. The number of nitrogens with zero attached hydrogens (tertiary/aromatic N) is 1. The maximum absolute atomic E-state index is 12.5. The molecule has 1 aromatic heterocycles. The fourth-order valence-corrected chi connectivity index (χ4v) is 5.22. The van der Waals surface area contributed by atoms with Gasteiger partial charge in [0.05, 0.1) is 15.7 Å². The Kier molecular flexibility index (Phi) is 3.97. The van der Waals surface area contributed by atoms with Crippen LogP contribution < -0.4 is 4.72 Å². The van der Waals surface area contributed by atoms with Gasteiger partial charge in [0.25, 0.3) is 5.91 Å². The zero-order valence-electron chi connectivity index (χ0n) is 12.6. The van der Waals surface area contributed by atoms with Crippen molar-refractivity contribution in [2.24, 2.45) is 11.3 Å². The van der Waals surface area contributed by atoms with Gasteiger partial charge in [-0.05, 0) is 37.8 Å². The molecule has 0 radical (unpaired) electrons. The van der Waals surface area contributed by atoms with Gasteiger partial charge in [0.1, 0.15) is 0 Å². The highest BCUT2D eigenvalue weighted by atomic mass is 32.2. The SMILES string of the molecule is CNS(=O)(=O)c1csc(C(=O)N2CCC3(CC2)CC3C(=O)O)c1. The first kappa shape index (κ1) is 16.4. The minimum Gasteiger partial charge on any atom is -0.481 e. The number of carbonyl (C=O) groups excluding carboxylic acids is 1. The molecular formula is C14H18N2O5S2. The Morgan fingerprint density at radius 2 is 2.04 bits per heavy atom. The van der Waals surface area contributed by atoms with Crippen molar-refractivity contribution in [3.63, 3.8) is 0 Å². The number of sulfonamides is 1. The van der Waals surface area contributed by atoms with Crippen LogP contribution in [0, 0.1) is 11.3 Å². The van der Waals surface area contributed by atoms with Crippen LogP contribution in [0.2, 0.25) is 0 Å². The molecule has 1 aromatic rings. The number of carboxylic acids is 1. The van der Waals surface area contributed by atoms with Gasteiger partial charge >= 0.3 is 5.97 Å². The maximum Gasteiger partial charge on any atom is 0.307 e. The van der Waals surface area contributed by atoms with E-state index in [0.29, 0.717) is 37.2 Å². The van der Waals surface area contributed by atoms with Gasteiger partial charge in [-0.2, -0.15) is 0 Å². The van der Waals surface area contributed by atoms with Crippen molar-refractivity contribution in [3.05, 3.63) is 16.3 Å². The molecule has 1 saturated carbocycles. The molecule has 7 nitrogen and oxygen atoms in total. The van der Waals surface area contributed by atoms with Crippen LogP contribution in [-0.4, -0.2) is 50.4 Å². The summed E-state index contributed by atoms with van der Waals surface area (Å²) in [5.41, 5.74) is -0.126. The number of rotatable bonds is 4. The summed E-state index contributed by atoms with van der Waals surface area (Å²) in [6.07, 6.45) is 2.10.